The van der Waals surface area contributed by atoms with Crippen molar-refractivity contribution in [2.24, 2.45) is 0 Å². The molecule has 0 aliphatic heterocycles. The summed E-state index contributed by atoms with van der Waals surface area (Å²) in [5, 5.41) is 8.27. The fraction of sp³-hybridized carbons (Fsp3) is 0.312. The molecule has 0 saturated heterocycles. The van der Waals surface area contributed by atoms with Gasteiger partial charge in [-0.25, -0.2) is 9.18 Å². The van der Waals surface area contributed by atoms with Crippen LogP contribution in [-0.2, 0) is 11.2 Å². The maximum atomic E-state index is 14.0. The zero-order valence-electron chi connectivity index (χ0n) is 12.6. The van der Waals surface area contributed by atoms with E-state index in [1.54, 1.807) is 26.8 Å². The number of hydrogen-bond acceptors (Lipinski definition) is 4. The van der Waals surface area contributed by atoms with Crippen molar-refractivity contribution in [3.05, 3.63) is 57.1 Å². The van der Waals surface area contributed by atoms with Gasteiger partial charge in [-0.05, 0) is 38.5 Å². The maximum Gasteiger partial charge on any atom is 0.340 e. The molecule has 0 unspecified atom stereocenters. The second kappa shape index (κ2) is 6.83. The molecule has 0 amide bonds. The number of esters is 1. The van der Waals surface area contributed by atoms with Gasteiger partial charge in [0, 0.05) is 17.0 Å². The van der Waals surface area contributed by atoms with Gasteiger partial charge in [0.05, 0.1) is 23.6 Å². The lowest BCUT2D eigenvalue weighted by Gasteiger charge is -2.14. The van der Waals surface area contributed by atoms with Crippen LogP contribution in [0.5, 0.6) is 0 Å². The average molecular weight is 323 g/mol. The van der Waals surface area contributed by atoms with Crippen molar-refractivity contribution in [2.45, 2.75) is 27.2 Å². The van der Waals surface area contributed by atoms with Crippen LogP contribution in [-0.4, -0.2) is 22.8 Å². The largest absolute Gasteiger partial charge is 0.462 e. The normalized spacial score (nSPS) is 10.6. The lowest BCUT2D eigenvalue weighted by molar-refractivity contribution is 0.0523. The molecule has 1 heterocycles. The molecule has 1 aromatic heterocycles. The van der Waals surface area contributed by atoms with Gasteiger partial charge in [0.1, 0.15) is 5.82 Å². The molecule has 0 aliphatic carbocycles. The fourth-order valence-corrected chi connectivity index (χ4v) is 2.46. The van der Waals surface area contributed by atoms with Gasteiger partial charge >= 0.3 is 5.97 Å². The summed E-state index contributed by atoms with van der Waals surface area (Å²) in [4.78, 5) is 12.2. The number of ether oxygens (including phenoxy) is 1. The highest BCUT2D eigenvalue weighted by molar-refractivity contribution is 6.31. The Bertz CT molecular complexity index is 699. The Morgan fingerprint density at radius 2 is 1.91 bits per heavy atom. The molecule has 0 aliphatic rings. The molecule has 6 heteroatoms. The summed E-state index contributed by atoms with van der Waals surface area (Å²) >= 11 is 6.07. The first-order valence-electron chi connectivity index (χ1n) is 6.88. The van der Waals surface area contributed by atoms with Crippen LogP contribution >= 0.6 is 11.6 Å². The summed E-state index contributed by atoms with van der Waals surface area (Å²) in [6, 6.07) is 4.49. The number of rotatable bonds is 4. The van der Waals surface area contributed by atoms with Crippen LogP contribution in [0.1, 0.15) is 39.8 Å². The predicted octanol–water partition coefficient (Wildman–Crippen LogP) is 3.65. The second-order valence-electron chi connectivity index (χ2n) is 4.82. The van der Waals surface area contributed by atoms with Crippen molar-refractivity contribution in [3.63, 3.8) is 0 Å². The number of benzene rings is 1. The third-order valence-electron chi connectivity index (χ3n) is 3.35. The molecule has 0 atom stereocenters. The molecule has 116 valence electrons. The van der Waals surface area contributed by atoms with E-state index in [1.165, 1.54) is 12.1 Å². The molecular formula is C16H16ClFN2O2. The Morgan fingerprint density at radius 1 is 1.23 bits per heavy atom. The molecule has 2 aromatic rings. The van der Waals surface area contributed by atoms with Gasteiger partial charge in [0.25, 0.3) is 0 Å². The number of halogens is 2. The van der Waals surface area contributed by atoms with E-state index < -0.39 is 11.8 Å². The lowest BCUT2D eigenvalue weighted by Crippen LogP contribution is -2.15. The zero-order chi connectivity index (χ0) is 16.3. The van der Waals surface area contributed by atoms with Crippen LogP contribution in [0.25, 0.3) is 0 Å². The molecule has 2 rings (SSSR count). The minimum atomic E-state index is -0.486. The Hall–Kier alpha value is -2.01. The highest BCUT2D eigenvalue weighted by Gasteiger charge is 2.21. The van der Waals surface area contributed by atoms with Gasteiger partial charge in [-0.15, -0.1) is 0 Å². The number of nitrogens with zero attached hydrogens (tertiary/aromatic N) is 2. The number of carbonyl (C=O) groups is 1. The van der Waals surface area contributed by atoms with Crippen molar-refractivity contribution in [2.75, 3.05) is 6.61 Å². The van der Waals surface area contributed by atoms with Gasteiger partial charge in [0.15, 0.2) is 0 Å². The fourth-order valence-electron chi connectivity index (χ4n) is 2.23. The van der Waals surface area contributed by atoms with Crippen molar-refractivity contribution in [1.82, 2.24) is 10.2 Å². The summed E-state index contributed by atoms with van der Waals surface area (Å²) < 4.78 is 19.1. The topological polar surface area (TPSA) is 52.1 Å². The SMILES string of the molecule is CCOC(=O)c1c(C)nnc(C)c1Cc1c(F)cccc1Cl. The van der Waals surface area contributed by atoms with Gasteiger partial charge in [-0.3, -0.25) is 0 Å². The van der Waals surface area contributed by atoms with E-state index in [4.69, 9.17) is 16.3 Å². The van der Waals surface area contributed by atoms with Crippen LogP contribution < -0.4 is 0 Å². The van der Waals surface area contributed by atoms with Crippen LogP contribution in [0.2, 0.25) is 5.02 Å². The first kappa shape index (κ1) is 16.4. The van der Waals surface area contributed by atoms with Crippen LogP contribution in [0.15, 0.2) is 18.2 Å². The molecule has 0 saturated carbocycles. The van der Waals surface area contributed by atoms with E-state index in [1.807, 2.05) is 0 Å². The Morgan fingerprint density at radius 3 is 2.55 bits per heavy atom. The van der Waals surface area contributed by atoms with Crippen LogP contribution in [0.4, 0.5) is 4.39 Å². The van der Waals surface area contributed by atoms with Crippen molar-refractivity contribution in [1.29, 1.82) is 0 Å². The molecule has 1 aromatic carbocycles. The van der Waals surface area contributed by atoms with Crippen molar-refractivity contribution < 1.29 is 13.9 Å². The smallest absolute Gasteiger partial charge is 0.340 e. The summed E-state index contributed by atoms with van der Waals surface area (Å²) in [5.41, 5.74) is 2.23. The highest BCUT2D eigenvalue weighted by atomic mass is 35.5. The highest BCUT2D eigenvalue weighted by Crippen LogP contribution is 2.26. The number of carbonyl (C=O) groups excluding carboxylic acids is 1. The second-order valence-corrected chi connectivity index (χ2v) is 5.23. The summed E-state index contributed by atoms with van der Waals surface area (Å²) in [7, 11) is 0. The molecule has 0 fully saturated rings. The summed E-state index contributed by atoms with van der Waals surface area (Å²) in [6.45, 7) is 5.37. The number of aromatic nitrogens is 2. The van der Waals surface area contributed by atoms with E-state index in [9.17, 15) is 9.18 Å². The van der Waals surface area contributed by atoms with Gasteiger partial charge in [0.2, 0.25) is 0 Å². The third-order valence-corrected chi connectivity index (χ3v) is 3.70. The molecule has 22 heavy (non-hydrogen) atoms. The Balaban J connectivity index is 2.55. The lowest BCUT2D eigenvalue weighted by atomic mass is 9.97. The Kier molecular flexibility index (Phi) is 5.08. The average Bonchev–Trinajstić information content (AvgIpc) is 2.46. The minimum Gasteiger partial charge on any atom is -0.462 e. The van der Waals surface area contributed by atoms with E-state index >= 15 is 0 Å². The van der Waals surface area contributed by atoms with Crippen LogP contribution in [0.3, 0.4) is 0 Å². The quantitative estimate of drug-likeness (QED) is 0.806. The summed E-state index contributed by atoms with van der Waals surface area (Å²) in [6.07, 6.45) is 0.155. The first-order chi connectivity index (χ1) is 10.5. The third kappa shape index (κ3) is 3.25. The molecule has 0 spiro atoms. The molecule has 0 bridgehead atoms. The molecular weight excluding hydrogens is 307 g/mol. The van der Waals surface area contributed by atoms with E-state index in [2.05, 4.69) is 10.2 Å². The minimum absolute atomic E-state index is 0.155. The van der Waals surface area contributed by atoms with Crippen molar-refractivity contribution >= 4 is 17.6 Å². The van der Waals surface area contributed by atoms with E-state index in [0.717, 1.165) is 0 Å². The predicted molar refractivity (Wildman–Crippen MR) is 81.7 cm³/mol. The molecule has 0 N–H and O–H groups in total. The Labute approximate surface area is 133 Å². The monoisotopic (exact) mass is 322 g/mol. The van der Waals surface area contributed by atoms with Gasteiger partial charge < -0.3 is 4.74 Å². The molecule has 4 nitrogen and oxygen atoms in total. The number of hydrogen-bond donors (Lipinski definition) is 0. The number of aryl methyl sites for hydroxylation is 2. The standard InChI is InChI=1S/C16H16ClFN2O2/c1-4-22-16(21)15-10(3)20-19-9(2)11(15)8-12-13(17)6-5-7-14(12)18/h5-7H,4,8H2,1-3H3. The van der Waals surface area contributed by atoms with Crippen molar-refractivity contribution in [3.8, 4) is 0 Å². The van der Waals surface area contributed by atoms with Crippen LogP contribution in [0, 0.1) is 19.7 Å². The van der Waals surface area contributed by atoms with Gasteiger partial charge in [-0.2, -0.15) is 10.2 Å². The maximum absolute atomic E-state index is 14.0. The molecule has 0 radical (unpaired) electrons. The summed E-state index contributed by atoms with van der Waals surface area (Å²) in [5.74, 6) is -0.906. The van der Waals surface area contributed by atoms with Gasteiger partial charge in [-0.1, -0.05) is 17.7 Å². The van der Waals surface area contributed by atoms with E-state index in [0.29, 0.717) is 33.1 Å². The van der Waals surface area contributed by atoms with E-state index in [-0.39, 0.29) is 13.0 Å². The first-order valence-corrected chi connectivity index (χ1v) is 7.26. The zero-order valence-corrected chi connectivity index (χ0v) is 13.4.